The van der Waals surface area contributed by atoms with Gasteiger partial charge in [0.1, 0.15) is 5.75 Å². The standard InChI is InChI=1S/C32H22Cl3O2S2/c1-37-25-10-2-22(3-11-25)32(36)38-26-12-19-30(31(35)20-26)21-4-13-27(14-5-21)39(28-15-6-23(33)7-16-28)29-17-8-24(34)9-18-29/h2-20H,1H3/q+1. The molecule has 5 aromatic carbocycles. The van der Waals surface area contributed by atoms with Gasteiger partial charge in [0.15, 0.2) is 14.7 Å². The Balaban J connectivity index is 1.38. The smallest absolute Gasteiger partial charge is 0.224 e. The maximum atomic E-state index is 12.7. The summed E-state index contributed by atoms with van der Waals surface area (Å²) in [6, 6.07) is 37.1. The van der Waals surface area contributed by atoms with E-state index in [0.717, 1.165) is 42.5 Å². The predicted molar refractivity (Wildman–Crippen MR) is 165 cm³/mol. The van der Waals surface area contributed by atoms with Gasteiger partial charge in [-0.2, -0.15) is 0 Å². The van der Waals surface area contributed by atoms with Crippen molar-refractivity contribution in [2.45, 2.75) is 19.6 Å². The van der Waals surface area contributed by atoms with Gasteiger partial charge in [-0.3, -0.25) is 4.79 Å². The lowest BCUT2D eigenvalue weighted by molar-refractivity contribution is 0.108. The molecule has 0 N–H and O–H groups in total. The van der Waals surface area contributed by atoms with Crippen molar-refractivity contribution in [3.05, 3.63) is 136 Å². The second-order valence-electron chi connectivity index (χ2n) is 8.50. The van der Waals surface area contributed by atoms with Gasteiger partial charge in [-0.25, -0.2) is 0 Å². The van der Waals surface area contributed by atoms with E-state index in [0.29, 0.717) is 26.4 Å². The summed E-state index contributed by atoms with van der Waals surface area (Å²) < 4.78 is 5.17. The zero-order valence-electron chi connectivity index (χ0n) is 20.7. The third-order valence-corrected chi connectivity index (χ3v) is 9.93. The largest absolute Gasteiger partial charge is 0.497 e. The first kappa shape index (κ1) is 27.7. The molecule has 0 atom stereocenters. The number of carbonyl (C=O) groups excluding carboxylic acids is 1. The summed E-state index contributed by atoms with van der Waals surface area (Å²) in [5.74, 6) is 0.711. The summed E-state index contributed by atoms with van der Waals surface area (Å²) in [7, 11) is 1.27. The van der Waals surface area contributed by atoms with Crippen LogP contribution in [0.5, 0.6) is 5.75 Å². The first-order chi connectivity index (χ1) is 18.9. The van der Waals surface area contributed by atoms with Crippen molar-refractivity contribution in [1.29, 1.82) is 0 Å². The van der Waals surface area contributed by atoms with Gasteiger partial charge in [-0.05, 0) is 127 Å². The molecule has 0 unspecified atom stereocenters. The molecule has 5 rings (SSSR count). The van der Waals surface area contributed by atoms with Gasteiger partial charge in [0.2, 0.25) is 5.12 Å². The molecule has 0 bridgehead atoms. The highest BCUT2D eigenvalue weighted by Gasteiger charge is 2.28. The van der Waals surface area contributed by atoms with E-state index in [1.807, 2.05) is 42.5 Å². The summed E-state index contributed by atoms with van der Waals surface area (Å²) in [5, 5.41) is 1.94. The van der Waals surface area contributed by atoms with Gasteiger partial charge in [0, 0.05) is 31.1 Å². The average molecular weight is 609 g/mol. The molecular weight excluding hydrogens is 587 g/mol. The minimum absolute atomic E-state index is 0.0535. The van der Waals surface area contributed by atoms with E-state index in [-0.39, 0.29) is 16.0 Å². The number of ether oxygens (including phenoxy) is 1. The van der Waals surface area contributed by atoms with Crippen molar-refractivity contribution in [1.82, 2.24) is 0 Å². The highest BCUT2D eigenvalue weighted by atomic mass is 35.5. The molecule has 0 aliphatic carbocycles. The van der Waals surface area contributed by atoms with Crippen LogP contribution in [0, 0.1) is 0 Å². The third kappa shape index (κ3) is 6.66. The van der Waals surface area contributed by atoms with Crippen LogP contribution in [0.15, 0.2) is 135 Å². The summed E-state index contributed by atoms with van der Waals surface area (Å²) in [6.45, 7) is 0. The van der Waals surface area contributed by atoms with E-state index < -0.39 is 0 Å². The van der Waals surface area contributed by atoms with E-state index in [1.54, 1.807) is 31.4 Å². The maximum Gasteiger partial charge on any atom is 0.224 e. The van der Waals surface area contributed by atoms with Crippen LogP contribution in [0.1, 0.15) is 10.4 Å². The monoisotopic (exact) mass is 607 g/mol. The predicted octanol–water partition coefficient (Wildman–Crippen LogP) is 10.4. The normalized spacial score (nSPS) is 11.0. The van der Waals surface area contributed by atoms with Crippen LogP contribution in [-0.4, -0.2) is 12.2 Å². The van der Waals surface area contributed by atoms with Gasteiger partial charge < -0.3 is 4.74 Å². The second kappa shape index (κ2) is 12.5. The number of benzene rings is 5. The topological polar surface area (TPSA) is 26.3 Å². The third-order valence-electron chi connectivity index (χ3n) is 5.98. The summed E-state index contributed by atoms with van der Waals surface area (Å²) in [5.41, 5.74) is 2.51. The van der Waals surface area contributed by atoms with Gasteiger partial charge in [-0.15, -0.1) is 0 Å². The number of rotatable bonds is 7. The summed E-state index contributed by atoms with van der Waals surface area (Å²) in [6.07, 6.45) is 0. The van der Waals surface area contributed by atoms with Crippen LogP contribution in [0.3, 0.4) is 0 Å². The zero-order valence-corrected chi connectivity index (χ0v) is 24.6. The van der Waals surface area contributed by atoms with Crippen molar-refractivity contribution in [3.63, 3.8) is 0 Å². The van der Waals surface area contributed by atoms with Crippen molar-refractivity contribution >= 4 is 62.6 Å². The minimum Gasteiger partial charge on any atom is -0.497 e. The lowest BCUT2D eigenvalue weighted by atomic mass is 10.1. The van der Waals surface area contributed by atoms with Crippen molar-refractivity contribution in [3.8, 4) is 16.9 Å². The van der Waals surface area contributed by atoms with E-state index >= 15 is 0 Å². The van der Waals surface area contributed by atoms with Gasteiger partial charge in [0.25, 0.3) is 0 Å². The number of halogens is 3. The molecule has 0 fully saturated rings. The Labute approximate surface area is 250 Å². The first-order valence-electron chi connectivity index (χ1n) is 11.9. The molecule has 2 nitrogen and oxygen atoms in total. The second-order valence-corrected chi connectivity index (χ2v) is 12.9. The Morgan fingerprint density at radius 1 is 0.667 bits per heavy atom. The van der Waals surface area contributed by atoms with Crippen molar-refractivity contribution < 1.29 is 9.53 Å². The van der Waals surface area contributed by atoms with Crippen LogP contribution in [0.25, 0.3) is 11.1 Å². The molecule has 0 spiro atoms. The molecule has 0 aliphatic heterocycles. The Morgan fingerprint density at radius 3 is 1.67 bits per heavy atom. The van der Waals surface area contributed by atoms with E-state index in [4.69, 9.17) is 39.5 Å². The fourth-order valence-corrected chi connectivity index (χ4v) is 7.44. The Hall–Kier alpha value is -2.86. The lowest BCUT2D eigenvalue weighted by Gasteiger charge is -2.10. The van der Waals surface area contributed by atoms with Crippen LogP contribution < -0.4 is 4.74 Å². The highest BCUT2D eigenvalue weighted by molar-refractivity contribution is 8.14. The Bertz CT molecular complexity index is 1540. The zero-order chi connectivity index (χ0) is 27.4. The summed E-state index contributed by atoms with van der Waals surface area (Å²) in [4.78, 5) is 17.0. The number of hydrogen-bond donors (Lipinski definition) is 0. The van der Waals surface area contributed by atoms with E-state index in [1.165, 1.54) is 0 Å². The fraction of sp³-hybridized carbons (Fsp3) is 0.0312. The summed E-state index contributed by atoms with van der Waals surface area (Å²) >= 11 is 20.2. The highest BCUT2D eigenvalue weighted by Crippen LogP contribution is 2.36. The minimum atomic E-state index is -0.331. The fourth-order valence-electron chi connectivity index (χ4n) is 4.01. The quantitative estimate of drug-likeness (QED) is 0.136. The first-order valence-corrected chi connectivity index (χ1v) is 15.1. The molecule has 0 heterocycles. The molecule has 7 heteroatoms. The van der Waals surface area contributed by atoms with Crippen molar-refractivity contribution in [2.75, 3.05) is 7.11 Å². The van der Waals surface area contributed by atoms with Crippen molar-refractivity contribution in [2.24, 2.45) is 0 Å². The van der Waals surface area contributed by atoms with E-state index in [2.05, 4.69) is 48.5 Å². The molecular formula is C32H22Cl3O2S2+. The lowest BCUT2D eigenvalue weighted by Crippen LogP contribution is -2.04. The molecule has 5 aromatic rings. The number of thioether (sulfide) groups is 1. The molecule has 0 radical (unpaired) electrons. The van der Waals surface area contributed by atoms with Crippen LogP contribution in [0.4, 0.5) is 0 Å². The van der Waals surface area contributed by atoms with Crippen LogP contribution in [-0.2, 0) is 10.9 Å². The number of methoxy groups -OCH3 is 1. The molecule has 0 saturated heterocycles. The SMILES string of the molecule is COc1ccc(C(=O)Sc2ccc(-c3ccc([S+](c4ccc(Cl)cc4)c4ccc(Cl)cc4)cc3)c(Cl)c2)cc1. The Morgan fingerprint density at radius 2 is 1.18 bits per heavy atom. The molecule has 0 amide bonds. The van der Waals surface area contributed by atoms with Crippen LogP contribution >= 0.6 is 46.6 Å². The molecule has 0 aliphatic rings. The molecule has 0 aromatic heterocycles. The van der Waals surface area contributed by atoms with E-state index in [9.17, 15) is 4.79 Å². The maximum absolute atomic E-state index is 12.7. The van der Waals surface area contributed by atoms with Gasteiger partial charge in [-0.1, -0.05) is 40.9 Å². The van der Waals surface area contributed by atoms with Gasteiger partial charge >= 0.3 is 0 Å². The average Bonchev–Trinajstić information content (AvgIpc) is 2.96. The molecule has 194 valence electrons. The molecule has 39 heavy (non-hydrogen) atoms. The van der Waals surface area contributed by atoms with Crippen LogP contribution in [0.2, 0.25) is 15.1 Å². The Kier molecular flexibility index (Phi) is 8.91. The van der Waals surface area contributed by atoms with Gasteiger partial charge in [0.05, 0.1) is 18.0 Å². The molecule has 0 saturated carbocycles. The number of carbonyl (C=O) groups is 1. The number of hydrogen-bond acceptors (Lipinski definition) is 3.